The molecule has 0 bridgehead atoms. The summed E-state index contributed by atoms with van der Waals surface area (Å²) in [4.78, 5) is 0. The molecule has 0 saturated heterocycles. The van der Waals surface area contributed by atoms with Gasteiger partial charge in [-0.15, -0.1) is 11.6 Å². The molecule has 0 aromatic carbocycles. The van der Waals surface area contributed by atoms with Gasteiger partial charge in [0.05, 0.1) is 5.75 Å². The lowest BCUT2D eigenvalue weighted by Gasteiger charge is -2.27. The Morgan fingerprint density at radius 3 is 2.33 bits per heavy atom. The maximum absolute atomic E-state index is 11.8. The van der Waals surface area contributed by atoms with Crippen LogP contribution in [0.4, 0.5) is 0 Å². The highest BCUT2D eigenvalue weighted by atomic mass is 35.5. The molecule has 5 heteroatoms. The maximum atomic E-state index is 11.8. The van der Waals surface area contributed by atoms with Crippen LogP contribution < -0.4 is 4.72 Å². The van der Waals surface area contributed by atoms with Crippen molar-refractivity contribution in [2.24, 2.45) is 5.92 Å². The third-order valence-corrected chi connectivity index (χ3v) is 5.51. The van der Waals surface area contributed by atoms with Crippen LogP contribution in [0.1, 0.15) is 38.5 Å². The Kier molecular flexibility index (Phi) is 3.29. The third kappa shape index (κ3) is 3.08. The molecular weight excluding hydrogens is 234 g/mol. The van der Waals surface area contributed by atoms with E-state index in [-0.39, 0.29) is 5.54 Å². The van der Waals surface area contributed by atoms with E-state index in [0.29, 0.717) is 17.6 Å². The molecule has 0 unspecified atom stereocenters. The van der Waals surface area contributed by atoms with E-state index in [0.717, 1.165) is 38.5 Å². The van der Waals surface area contributed by atoms with Gasteiger partial charge in [0.15, 0.2) is 0 Å². The van der Waals surface area contributed by atoms with E-state index < -0.39 is 10.0 Å². The third-order valence-electron chi connectivity index (χ3n) is 3.34. The minimum absolute atomic E-state index is 0.297. The van der Waals surface area contributed by atoms with E-state index in [9.17, 15) is 8.42 Å². The van der Waals surface area contributed by atoms with Gasteiger partial charge in [0.2, 0.25) is 10.0 Å². The summed E-state index contributed by atoms with van der Waals surface area (Å²) in [6.07, 6.45) is 6.07. The van der Waals surface area contributed by atoms with Crippen molar-refractivity contribution >= 4 is 21.6 Å². The Hall–Kier alpha value is 0.200. The highest BCUT2D eigenvalue weighted by Gasteiger charge is 2.38. The zero-order valence-corrected chi connectivity index (χ0v) is 10.4. The minimum atomic E-state index is -3.11. The van der Waals surface area contributed by atoms with E-state index in [1.165, 1.54) is 0 Å². The van der Waals surface area contributed by atoms with E-state index in [1.807, 2.05) is 0 Å². The summed E-state index contributed by atoms with van der Waals surface area (Å²) in [5.41, 5.74) is -0.338. The molecule has 3 nitrogen and oxygen atoms in total. The Balaban J connectivity index is 1.98. The summed E-state index contributed by atoms with van der Waals surface area (Å²) in [5.74, 6) is 1.10. The SMILES string of the molecule is O=S(=O)(CC1CC1)NC1(CCl)CCCC1. The first-order chi connectivity index (χ1) is 7.05. The summed E-state index contributed by atoms with van der Waals surface area (Å²) in [6, 6.07) is 0. The topological polar surface area (TPSA) is 46.2 Å². The number of rotatable bonds is 5. The smallest absolute Gasteiger partial charge is 0.212 e. The monoisotopic (exact) mass is 251 g/mol. The van der Waals surface area contributed by atoms with Crippen LogP contribution in [0, 0.1) is 5.92 Å². The van der Waals surface area contributed by atoms with Gasteiger partial charge in [-0.05, 0) is 31.6 Å². The molecule has 0 radical (unpaired) electrons. The second-order valence-electron chi connectivity index (χ2n) is 4.95. The molecule has 15 heavy (non-hydrogen) atoms. The first-order valence-corrected chi connectivity index (χ1v) is 7.82. The molecule has 0 aliphatic heterocycles. The van der Waals surface area contributed by atoms with Crippen molar-refractivity contribution < 1.29 is 8.42 Å². The average molecular weight is 252 g/mol. The Morgan fingerprint density at radius 1 is 1.27 bits per heavy atom. The van der Waals surface area contributed by atoms with Gasteiger partial charge in [-0.2, -0.15) is 0 Å². The number of hydrogen-bond acceptors (Lipinski definition) is 2. The van der Waals surface area contributed by atoms with Gasteiger partial charge in [-0.25, -0.2) is 13.1 Å². The first kappa shape index (κ1) is 11.7. The van der Waals surface area contributed by atoms with E-state index in [2.05, 4.69) is 4.72 Å². The normalized spacial score (nSPS) is 25.7. The first-order valence-electron chi connectivity index (χ1n) is 5.63. The lowest BCUT2D eigenvalue weighted by atomic mass is 10.0. The molecule has 0 aromatic rings. The van der Waals surface area contributed by atoms with Crippen LogP contribution in [0.15, 0.2) is 0 Å². The van der Waals surface area contributed by atoms with Crippen molar-refractivity contribution in [3.05, 3.63) is 0 Å². The second kappa shape index (κ2) is 4.22. The van der Waals surface area contributed by atoms with Gasteiger partial charge < -0.3 is 0 Å². The van der Waals surface area contributed by atoms with Crippen LogP contribution in [0.2, 0.25) is 0 Å². The molecule has 2 fully saturated rings. The lowest BCUT2D eigenvalue weighted by molar-refractivity contribution is 0.432. The average Bonchev–Trinajstić information content (AvgIpc) is 2.82. The van der Waals surface area contributed by atoms with Crippen molar-refractivity contribution in [1.29, 1.82) is 0 Å². The Labute approximate surface area is 96.6 Å². The van der Waals surface area contributed by atoms with Crippen LogP contribution in [-0.2, 0) is 10.0 Å². The van der Waals surface area contributed by atoms with Gasteiger partial charge >= 0.3 is 0 Å². The fourth-order valence-corrected chi connectivity index (χ4v) is 4.67. The van der Waals surface area contributed by atoms with E-state index in [4.69, 9.17) is 11.6 Å². The second-order valence-corrected chi connectivity index (χ2v) is 6.98. The van der Waals surface area contributed by atoms with Crippen molar-refractivity contribution in [3.63, 3.8) is 0 Å². The summed E-state index contributed by atoms with van der Waals surface area (Å²) in [5, 5.41) is 0. The largest absolute Gasteiger partial charge is 0.212 e. The number of alkyl halides is 1. The molecule has 2 saturated carbocycles. The van der Waals surface area contributed by atoms with Gasteiger partial charge in [0.1, 0.15) is 0 Å². The molecule has 1 N–H and O–H groups in total. The van der Waals surface area contributed by atoms with Gasteiger partial charge in [0, 0.05) is 11.4 Å². The van der Waals surface area contributed by atoms with Crippen LogP contribution in [0.3, 0.4) is 0 Å². The zero-order valence-electron chi connectivity index (χ0n) is 8.84. The van der Waals surface area contributed by atoms with Crippen LogP contribution in [-0.4, -0.2) is 25.6 Å². The fraction of sp³-hybridized carbons (Fsp3) is 1.00. The summed E-state index contributed by atoms with van der Waals surface area (Å²) in [7, 11) is -3.11. The summed E-state index contributed by atoms with van der Waals surface area (Å²) >= 11 is 5.90. The van der Waals surface area contributed by atoms with Crippen LogP contribution >= 0.6 is 11.6 Å². The Morgan fingerprint density at radius 2 is 1.87 bits per heavy atom. The molecule has 0 aromatic heterocycles. The number of hydrogen-bond donors (Lipinski definition) is 1. The van der Waals surface area contributed by atoms with Gasteiger partial charge in [0.25, 0.3) is 0 Å². The molecular formula is C10H18ClNO2S. The van der Waals surface area contributed by atoms with Crippen molar-refractivity contribution in [1.82, 2.24) is 4.72 Å². The van der Waals surface area contributed by atoms with Crippen LogP contribution in [0.25, 0.3) is 0 Å². The molecule has 0 atom stereocenters. The van der Waals surface area contributed by atoms with E-state index in [1.54, 1.807) is 0 Å². The van der Waals surface area contributed by atoms with Crippen molar-refractivity contribution in [2.75, 3.05) is 11.6 Å². The molecule has 88 valence electrons. The summed E-state index contributed by atoms with van der Waals surface area (Å²) in [6.45, 7) is 0. The van der Waals surface area contributed by atoms with Gasteiger partial charge in [-0.3, -0.25) is 0 Å². The minimum Gasteiger partial charge on any atom is -0.212 e. The van der Waals surface area contributed by atoms with Gasteiger partial charge in [-0.1, -0.05) is 12.8 Å². The lowest BCUT2D eigenvalue weighted by Crippen LogP contribution is -2.48. The zero-order chi connectivity index (χ0) is 10.9. The number of halogens is 1. The molecule has 2 aliphatic carbocycles. The molecule has 0 spiro atoms. The Bertz CT molecular complexity index is 318. The molecule has 0 amide bonds. The van der Waals surface area contributed by atoms with E-state index >= 15 is 0 Å². The summed E-state index contributed by atoms with van der Waals surface area (Å²) < 4.78 is 26.5. The quantitative estimate of drug-likeness (QED) is 0.759. The van der Waals surface area contributed by atoms with Crippen LogP contribution in [0.5, 0.6) is 0 Å². The van der Waals surface area contributed by atoms with Crippen molar-refractivity contribution in [3.8, 4) is 0 Å². The maximum Gasteiger partial charge on any atom is 0.212 e. The highest BCUT2D eigenvalue weighted by Crippen LogP contribution is 2.34. The predicted molar refractivity (Wildman–Crippen MR) is 61.6 cm³/mol. The fourth-order valence-electron chi connectivity index (χ4n) is 2.28. The van der Waals surface area contributed by atoms with Crippen molar-refractivity contribution in [2.45, 2.75) is 44.1 Å². The number of nitrogens with one attached hydrogen (secondary N) is 1. The molecule has 2 aliphatic rings. The molecule has 0 heterocycles. The highest BCUT2D eigenvalue weighted by molar-refractivity contribution is 7.89. The molecule has 2 rings (SSSR count). The standard InChI is InChI=1S/C10H18ClNO2S/c11-8-10(5-1-2-6-10)12-15(13,14)7-9-3-4-9/h9,12H,1-8H2. The predicted octanol–water partition coefficient (Wildman–Crippen LogP) is 1.87. The number of sulfonamides is 1.